The highest BCUT2D eigenvalue weighted by Gasteiger charge is 2.22. The summed E-state index contributed by atoms with van der Waals surface area (Å²) in [6, 6.07) is 85.1. The number of rotatable bonds is 8. The Bertz CT molecular complexity index is 3940. The van der Waals surface area contributed by atoms with Crippen LogP contribution in [-0.2, 0) is 0 Å². The lowest BCUT2D eigenvalue weighted by Gasteiger charge is -2.13. The normalized spacial score (nSPS) is 11.5. The molecular weight excluding hydrogens is 829 g/mol. The minimum Gasteiger partial charge on any atom is -0.309 e. The largest absolute Gasteiger partial charge is 0.309 e. The van der Waals surface area contributed by atoms with E-state index in [0.717, 1.165) is 94.5 Å². The fraction of sp³-hybridized carbons (Fsp3) is 0. The summed E-state index contributed by atoms with van der Waals surface area (Å²) in [6.45, 7) is 0. The van der Waals surface area contributed by atoms with Crippen LogP contribution < -0.4 is 0 Å². The van der Waals surface area contributed by atoms with Crippen molar-refractivity contribution in [3.63, 3.8) is 0 Å². The molecule has 0 saturated carbocycles. The first kappa shape index (κ1) is 39.1. The van der Waals surface area contributed by atoms with Crippen LogP contribution in [0.25, 0.3) is 123 Å². The lowest BCUT2D eigenvalue weighted by Crippen LogP contribution is -2.01. The van der Waals surface area contributed by atoms with E-state index in [1.165, 1.54) is 10.8 Å². The highest BCUT2D eigenvalue weighted by Crippen LogP contribution is 2.42. The van der Waals surface area contributed by atoms with Gasteiger partial charge >= 0.3 is 0 Å². The van der Waals surface area contributed by atoms with Crippen LogP contribution in [0.5, 0.6) is 0 Å². The molecule has 0 atom stereocenters. The maximum absolute atomic E-state index is 5.39. The van der Waals surface area contributed by atoms with Gasteiger partial charge in [-0.25, -0.2) is 19.5 Å². The van der Waals surface area contributed by atoms with Gasteiger partial charge in [0.1, 0.15) is 5.69 Å². The molecule has 0 saturated heterocycles. The Hall–Kier alpha value is -9.26. The topological polar surface area (TPSA) is 60.9 Å². The van der Waals surface area contributed by atoms with E-state index in [9.17, 15) is 0 Å². The summed E-state index contributed by atoms with van der Waals surface area (Å²) in [7, 11) is 0. The molecule has 13 aromatic rings. The molecule has 4 aromatic heterocycles. The lowest BCUT2D eigenvalue weighted by atomic mass is 9.95. The zero-order valence-corrected chi connectivity index (χ0v) is 36.8. The van der Waals surface area contributed by atoms with E-state index in [1.807, 2.05) is 30.3 Å². The Morgan fingerprint density at radius 2 is 0.794 bits per heavy atom. The van der Waals surface area contributed by atoms with Gasteiger partial charge in [-0.1, -0.05) is 206 Å². The number of nitrogens with zero attached hydrogens (tertiary/aromatic N) is 6. The van der Waals surface area contributed by atoms with Gasteiger partial charge in [-0.15, -0.1) is 0 Å². The molecule has 0 radical (unpaired) electrons. The average Bonchev–Trinajstić information content (AvgIpc) is 3.99. The van der Waals surface area contributed by atoms with Gasteiger partial charge in [0.2, 0.25) is 0 Å². The first-order valence-corrected chi connectivity index (χ1v) is 22.9. The molecule has 0 N–H and O–H groups in total. The Labute approximate surface area is 392 Å². The molecule has 68 heavy (non-hydrogen) atoms. The Morgan fingerprint density at radius 1 is 0.309 bits per heavy atom. The second kappa shape index (κ2) is 16.3. The molecule has 0 unspecified atom stereocenters. The van der Waals surface area contributed by atoms with Gasteiger partial charge in [0, 0.05) is 55.2 Å². The number of aromatic nitrogens is 6. The second-order valence-corrected chi connectivity index (χ2v) is 17.1. The fourth-order valence-electron chi connectivity index (χ4n) is 9.76. The monoisotopic (exact) mass is 868 g/mol. The summed E-state index contributed by atoms with van der Waals surface area (Å²) in [5.74, 6) is 1.84. The van der Waals surface area contributed by atoms with Crippen LogP contribution in [0.2, 0.25) is 0 Å². The SMILES string of the molecule is c1ccc(-c2nc(-c3ccc(-c4ccc5c(c4)cc(-c4ccccc4)n4nc(-c6ccccc6)c(-c6ccccc6)c54)cc3)nc(-c3cccc(-n4c5ccccc5c5ccccc54)c3)n2)cc1. The molecule has 6 heteroatoms. The smallest absolute Gasteiger partial charge is 0.164 e. The maximum Gasteiger partial charge on any atom is 0.164 e. The molecule has 0 fully saturated rings. The lowest BCUT2D eigenvalue weighted by molar-refractivity contribution is 0.979. The quantitative estimate of drug-likeness (QED) is 0.153. The summed E-state index contributed by atoms with van der Waals surface area (Å²) >= 11 is 0. The summed E-state index contributed by atoms with van der Waals surface area (Å²) in [5.41, 5.74) is 15.8. The summed E-state index contributed by atoms with van der Waals surface area (Å²) in [6.07, 6.45) is 0. The molecule has 6 nitrogen and oxygen atoms in total. The van der Waals surface area contributed by atoms with E-state index in [1.54, 1.807) is 0 Å². The van der Waals surface area contributed by atoms with Crippen molar-refractivity contribution in [1.29, 1.82) is 0 Å². The van der Waals surface area contributed by atoms with E-state index >= 15 is 0 Å². The molecule has 13 rings (SSSR count). The fourth-order valence-corrected chi connectivity index (χ4v) is 9.76. The summed E-state index contributed by atoms with van der Waals surface area (Å²) in [4.78, 5) is 15.4. The second-order valence-electron chi connectivity index (χ2n) is 17.1. The van der Waals surface area contributed by atoms with Crippen molar-refractivity contribution >= 4 is 38.1 Å². The highest BCUT2D eigenvalue weighted by atomic mass is 15.2. The van der Waals surface area contributed by atoms with Gasteiger partial charge in [-0.2, -0.15) is 5.10 Å². The number of hydrogen-bond acceptors (Lipinski definition) is 4. The number of fused-ring (bicyclic) bond motifs is 6. The molecule has 0 aliphatic rings. The summed E-state index contributed by atoms with van der Waals surface area (Å²) < 4.78 is 4.47. The maximum atomic E-state index is 5.39. The van der Waals surface area contributed by atoms with Gasteiger partial charge in [-0.05, 0) is 58.5 Å². The van der Waals surface area contributed by atoms with Crippen molar-refractivity contribution in [2.75, 3.05) is 0 Å². The first-order valence-electron chi connectivity index (χ1n) is 22.9. The molecule has 318 valence electrons. The van der Waals surface area contributed by atoms with Gasteiger partial charge in [0.25, 0.3) is 0 Å². The molecule has 0 aliphatic carbocycles. The highest BCUT2D eigenvalue weighted by molar-refractivity contribution is 6.10. The van der Waals surface area contributed by atoms with Crippen LogP contribution in [0.15, 0.2) is 243 Å². The Balaban J connectivity index is 0.925. The van der Waals surface area contributed by atoms with Gasteiger partial charge < -0.3 is 4.57 Å². The van der Waals surface area contributed by atoms with Crippen molar-refractivity contribution in [2.24, 2.45) is 0 Å². The van der Waals surface area contributed by atoms with Gasteiger partial charge in [0.05, 0.1) is 22.2 Å². The number of pyridine rings is 1. The van der Waals surface area contributed by atoms with E-state index in [2.05, 4.69) is 221 Å². The average molecular weight is 869 g/mol. The Kier molecular flexibility index (Phi) is 9.39. The van der Waals surface area contributed by atoms with Crippen molar-refractivity contribution in [1.82, 2.24) is 29.1 Å². The van der Waals surface area contributed by atoms with Crippen molar-refractivity contribution < 1.29 is 0 Å². The van der Waals surface area contributed by atoms with Gasteiger partial charge in [-0.3, -0.25) is 0 Å². The molecule has 0 bridgehead atoms. The van der Waals surface area contributed by atoms with Crippen molar-refractivity contribution in [3.05, 3.63) is 243 Å². The minimum atomic E-state index is 0.611. The summed E-state index contributed by atoms with van der Waals surface area (Å²) in [5, 5.41) is 10.1. The van der Waals surface area contributed by atoms with Crippen LogP contribution in [0, 0.1) is 0 Å². The van der Waals surface area contributed by atoms with Crippen LogP contribution in [-0.4, -0.2) is 29.1 Å². The van der Waals surface area contributed by atoms with Gasteiger partial charge in [0.15, 0.2) is 17.5 Å². The Morgan fingerprint density at radius 3 is 1.43 bits per heavy atom. The number of hydrogen-bond donors (Lipinski definition) is 0. The standard InChI is InChI=1S/C62H40N6/c1-5-18-42(19-6-1)56-40-49-38-47(36-37-51(49)59-57(43-20-7-2-8-21-43)58(66-68(56)59)44-22-9-3-10-23-44)41-32-34-46(35-33-41)61-63-60(45-24-11-4-12-25-45)64-62(65-61)48-26-17-27-50(39-48)67-54-30-15-13-28-52(54)53-29-14-16-31-55(53)67/h1-40H. The van der Waals surface area contributed by atoms with Crippen molar-refractivity contribution in [2.45, 2.75) is 0 Å². The zero-order chi connectivity index (χ0) is 45.0. The molecular formula is C62H40N6. The predicted molar refractivity (Wildman–Crippen MR) is 278 cm³/mol. The van der Waals surface area contributed by atoms with Crippen LogP contribution in [0.1, 0.15) is 0 Å². The van der Waals surface area contributed by atoms with E-state index in [-0.39, 0.29) is 0 Å². The van der Waals surface area contributed by atoms with Crippen LogP contribution in [0.4, 0.5) is 0 Å². The molecule has 0 aliphatic heterocycles. The minimum absolute atomic E-state index is 0.611. The molecule has 0 amide bonds. The van der Waals surface area contributed by atoms with E-state index in [4.69, 9.17) is 20.1 Å². The van der Waals surface area contributed by atoms with Crippen LogP contribution in [0.3, 0.4) is 0 Å². The first-order chi connectivity index (χ1) is 33.7. The third kappa shape index (κ3) is 6.74. The molecule has 0 spiro atoms. The zero-order valence-electron chi connectivity index (χ0n) is 36.8. The molecule has 4 heterocycles. The third-order valence-corrected chi connectivity index (χ3v) is 13.0. The number of benzene rings is 9. The predicted octanol–water partition coefficient (Wildman–Crippen LogP) is 15.4. The van der Waals surface area contributed by atoms with Crippen molar-refractivity contribution in [3.8, 4) is 84.6 Å². The number of para-hydroxylation sites is 2. The van der Waals surface area contributed by atoms with Crippen LogP contribution >= 0.6 is 0 Å². The van der Waals surface area contributed by atoms with E-state index in [0.29, 0.717) is 17.5 Å². The van der Waals surface area contributed by atoms with E-state index < -0.39 is 0 Å². The third-order valence-electron chi connectivity index (χ3n) is 13.0. The molecule has 9 aromatic carbocycles.